The van der Waals surface area contributed by atoms with Crippen LogP contribution < -0.4 is 10.1 Å². The lowest BCUT2D eigenvalue weighted by atomic mass is 9.93. The van der Waals surface area contributed by atoms with Crippen LogP contribution in [-0.4, -0.2) is 7.05 Å². The fraction of sp³-hybridized carbons (Fsp3) is 0.250. The van der Waals surface area contributed by atoms with Gasteiger partial charge < -0.3 is 10.1 Å². The molecule has 2 nitrogen and oxygen atoms in total. The largest absolute Gasteiger partial charge is 0.485 e. The number of rotatable bonds is 2. The van der Waals surface area contributed by atoms with Gasteiger partial charge in [-0.15, -0.1) is 0 Å². The second-order valence-corrected chi connectivity index (χ2v) is 5.07. The molecule has 2 atom stereocenters. The minimum Gasteiger partial charge on any atom is -0.485 e. The molecule has 2 aromatic carbocycles. The Balaban J connectivity index is 1.98. The van der Waals surface area contributed by atoms with E-state index in [9.17, 15) is 13.2 Å². The standard InChI is InChI=1S/C16H14F3NO/c1-20-14-8-16(9-4-11(18)6-12(19)5-9)21-15-3-2-10(17)7-13(14)15/h2-7,14,16,20H,8H2,1H3. The van der Waals surface area contributed by atoms with Gasteiger partial charge >= 0.3 is 0 Å². The van der Waals surface area contributed by atoms with Gasteiger partial charge in [-0.3, -0.25) is 0 Å². The Labute approximate surface area is 120 Å². The van der Waals surface area contributed by atoms with E-state index in [0.717, 1.165) is 6.07 Å². The average Bonchev–Trinajstić information content (AvgIpc) is 2.45. The molecule has 0 bridgehead atoms. The maximum absolute atomic E-state index is 13.4. The van der Waals surface area contributed by atoms with Crippen LogP contribution in [0.5, 0.6) is 5.75 Å². The fourth-order valence-electron chi connectivity index (χ4n) is 2.68. The highest BCUT2D eigenvalue weighted by molar-refractivity contribution is 5.39. The van der Waals surface area contributed by atoms with Crippen LogP contribution in [0.3, 0.4) is 0 Å². The zero-order valence-electron chi connectivity index (χ0n) is 11.4. The van der Waals surface area contributed by atoms with E-state index >= 15 is 0 Å². The van der Waals surface area contributed by atoms with Crippen LogP contribution in [0.4, 0.5) is 13.2 Å². The first-order valence-electron chi connectivity index (χ1n) is 6.66. The molecule has 21 heavy (non-hydrogen) atoms. The Kier molecular flexibility index (Phi) is 3.59. The Morgan fingerprint density at radius 3 is 2.38 bits per heavy atom. The third-order valence-corrected chi connectivity index (χ3v) is 3.67. The van der Waals surface area contributed by atoms with E-state index in [2.05, 4.69) is 5.32 Å². The van der Waals surface area contributed by atoms with Crippen molar-refractivity contribution in [2.24, 2.45) is 0 Å². The number of nitrogens with one attached hydrogen (secondary N) is 1. The third-order valence-electron chi connectivity index (χ3n) is 3.67. The summed E-state index contributed by atoms with van der Waals surface area (Å²) in [6.45, 7) is 0. The summed E-state index contributed by atoms with van der Waals surface area (Å²) >= 11 is 0. The SMILES string of the molecule is CNC1CC(c2cc(F)cc(F)c2)Oc2ccc(F)cc21. The number of hydrogen-bond donors (Lipinski definition) is 1. The number of hydrogen-bond acceptors (Lipinski definition) is 2. The van der Waals surface area contributed by atoms with Crippen LogP contribution in [-0.2, 0) is 0 Å². The summed E-state index contributed by atoms with van der Waals surface area (Å²) in [6.07, 6.45) is -0.0128. The highest BCUT2D eigenvalue weighted by Crippen LogP contribution is 2.41. The molecule has 0 aromatic heterocycles. The molecule has 0 amide bonds. The molecule has 2 aromatic rings. The predicted octanol–water partition coefficient (Wildman–Crippen LogP) is 3.89. The van der Waals surface area contributed by atoms with Crippen molar-refractivity contribution in [2.75, 3.05) is 7.05 Å². The van der Waals surface area contributed by atoms with Gasteiger partial charge in [0.2, 0.25) is 0 Å². The Morgan fingerprint density at radius 2 is 1.71 bits per heavy atom. The number of benzene rings is 2. The van der Waals surface area contributed by atoms with E-state index in [0.29, 0.717) is 23.3 Å². The number of ether oxygens (including phenoxy) is 1. The molecule has 1 aliphatic heterocycles. The topological polar surface area (TPSA) is 21.3 Å². The van der Waals surface area contributed by atoms with Gasteiger partial charge in [-0.1, -0.05) is 0 Å². The molecule has 110 valence electrons. The van der Waals surface area contributed by atoms with Gasteiger partial charge in [0.15, 0.2) is 0 Å². The normalized spacial score (nSPS) is 20.8. The van der Waals surface area contributed by atoms with Crippen LogP contribution in [0, 0.1) is 17.5 Å². The second-order valence-electron chi connectivity index (χ2n) is 5.07. The van der Waals surface area contributed by atoms with Crippen LogP contribution in [0.25, 0.3) is 0 Å². The molecular formula is C16H14F3NO. The van der Waals surface area contributed by atoms with Crippen molar-refractivity contribution >= 4 is 0 Å². The van der Waals surface area contributed by atoms with Crippen molar-refractivity contribution in [3.8, 4) is 5.75 Å². The highest BCUT2D eigenvalue weighted by atomic mass is 19.1. The Morgan fingerprint density at radius 1 is 1.00 bits per heavy atom. The van der Waals surface area contributed by atoms with Crippen molar-refractivity contribution in [1.82, 2.24) is 5.32 Å². The summed E-state index contributed by atoms with van der Waals surface area (Å²) in [4.78, 5) is 0. The lowest BCUT2D eigenvalue weighted by molar-refractivity contribution is 0.152. The van der Waals surface area contributed by atoms with E-state index in [1.165, 1.54) is 30.3 Å². The molecule has 0 radical (unpaired) electrons. The molecule has 0 spiro atoms. The second kappa shape index (κ2) is 5.41. The fourth-order valence-corrected chi connectivity index (χ4v) is 2.68. The summed E-state index contributed by atoms with van der Waals surface area (Å²) < 4.78 is 45.8. The maximum Gasteiger partial charge on any atom is 0.126 e. The number of halogens is 3. The molecule has 2 unspecified atom stereocenters. The molecule has 1 heterocycles. The summed E-state index contributed by atoms with van der Waals surface area (Å²) in [7, 11) is 1.76. The van der Waals surface area contributed by atoms with Crippen LogP contribution in [0.1, 0.15) is 29.7 Å². The van der Waals surface area contributed by atoms with E-state index < -0.39 is 17.7 Å². The van der Waals surface area contributed by atoms with Crippen LogP contribution >= 0.6 is 0 Å². The minimum atomic E-state index is -0.639. The third kappa shape index (κ3) is 2.74. The van der Waals surface area contributed by atoms with Crippen molar-refractivity contribution in [3.63, 3.8) is 0 Å². The molecule has 5 heteroatoms. The van der Waals surface area contributed by atoms with Crippen molar-refractivity contribution < 1.29 is 17.9 Å². The lowest BCUT2D eigenvalue weighted by Gasteiger charge is -2.32. The quantitative estimate of drug-likeness (QED) is 0.907. The summed E-state index contributed by atoms with van der Waals surface area (Å²) in [5.41, 5.74) is 1.15. The van der Waals surface area contributed by atoms with E-state index in [-0.39, 0.29) is 11.9 Å². The molecule has 0 saturated carbocycles. The minimum absolute atomic E-state index is 0.138. The monoisotopic (exact) mass is 293 g/mol. The van der Waals surface area contributed by atoms with Crippen molar-refractivity contribution in [3.05, 3.63) is 65.0 Å². The Hall–Kier alpha value is -2.01. The zero-order chi connectivity index (χ0) is 15.0. The molecule has 0 aliphatic carbocycles. The van der Waals surface area contributed by atoms with E-state index in [1.54, 1.807) is 7.05 Å². The molecule has 0 saturated heterocycles. The number of fused-ring (bicyclic) bond motifs is 1. The lowest BCUT2D eigenvalue weighted by Crippen LogP contribution is -2.27. The van der Waals surface area contributed by atoms with Crippen molar-refractivity contribution in [1.29, 1.82) is 0 Å². The summed E-state index contributed by atoms with van der Waals surface area (Å²) in [5.74, 6) is -1.09. The highest BCUT2D eigenvalue weighted by Gasteiger charge is 2.29. The zero-order valence-corrected chi connectivity index (χ0v) is 11.4. The van der Waals surface area contributed by atoms with Gasteiger partial charge in [-0.2, -0.15) is 0 Å². The molecular weight excluding hydrogens is 279 g/mol. The Bertz CT molecular complexity index is 654. The first kappa shape index (κ1) is 13.9. The first-order chi connectivity index (χ1) is 10.1. The van der Waals surface area contributed by atoms with Gasteiger partial charge in [-0.25, -0.2) is 13.2 Å². The van der Waals surface area contributed by atoms with Gasteiger partial charge in [-0.05, 0) is 42.9 Å². The first-order valence-corrected chi connectivity index (χ1v) is 6.66. The molecule has 1 aliphatic rings. The van der Waals surface area contributed by atoms with Gasteiger partial charge in [0.25, 0.3) is 0 Å². The van der Waals surface area contributed by atoms with E-state index in [4.69, 9.17) is 4.74 Å². The van der Waals surface area contributed by atoms with Gasteiger partial charge in [0.1, 0.15) is 29.3 Å². The van der Waals surface area contributed by atoms with Crippen LogP contribution in [0.2, 0.25) is 0 Å². The summed E-state index contributed by atoms with van der Waals surface area (Å²) in [6, 6.07) is 7.46. The molecule has 1 N–H and O–H groups in total. The average molecular weight is 293 g/mol. The van der Waals surface area contributed by atoms with Crippen LogP contribution in [0.15, 0.2) is 36.4 Å². The van der Waals surface area contributed by atoms with Gasteiger partial charge in [0, 0.05) is 24.1 Å². The maximum atomic E-state index is 13.4. The van der Waals surface area contributed by atoms with E-state index in [1.807, 2.05) is 0 Å². The molecule has 3 rings (SSSR count). The smallest absolute Gasteiger partial charge is 0.126 e. The molecule has 0 fully saturated rings. The van der Waals surface area contributed by atoms with Gasteiger partial charge in [0.05, 0.1) is 0 Å². The summed E-state index contributed by atoms with van der Waals surface area (Å²) in [5, 5.41) is 3.08. The predicted molar refractivity (Wildman–Crippen MR) is 72.5 cm³/mol. The van der Waals surface area contributed by atoms with Crippen molar-refractivity contribution in [2.45, 2.75) is 18.6 Å².